The molecule has 9 heteroatoms. The van der Waals surface area contributed by atoms with E-state index in [1.807, 2.05) is 54.6 Å². The molecule has 0 aromatic heterocycles. The van der Waals surface area contributed by atoms with E-state index >= 15 is 0 Å². The lowest BCUT2D eigenvalue weighted by Gasteiger charge is -2.36. The van der Waals surface area contributed by atoms with E-state index in [4.69, 9.17) is 4.74 Å². The van der Waals surface area contributed by atoms with Crippen LogP contribution in [0.25, 0.3) is 0 Å². The Morgan fingerprint density at radius 3 is 2.29 bits per heavy atom. The summed E-state index contributed by atoms with van der Waals surface area (Å²) in [7, 11) is 1.45. The Morgan fingerprint density at radius 2 is 1.63 bits per heavy atom. The maximum atomic E-state index is 13.5. The molecule has 3 amide bonds. The van der Waals surface area contributed by atoms with Crippen LogP contribution in [0.1, 0.15) is 15.9 Å². The summed E-state index contributed by atoms with van der Waals surface area (Å²) in [6.07, 6.45) is 0. The Kier molecular flexibility index (Phi) is 9.05. The van der Waals surface area contributed by atoms with Gasteiger partial charge in [0.15, 0.2) is 0 Å². The average Bonchev–Trinajstić information content (AvgIpc) is 2.93. The third-order valence-corrected chi connectivity index (χ3v) is 6.33. The Labute approximate surface area is 221 Å². The highest BCUT2D eigenvalue weighted by atomic mass is 19.1. The van der Waals surface area contributed by atoms with E-state index in [-0.39, 0.29) is 30.9 Å². The lowest BCUT2D eigenvalue weighted by Crippen LogP contribution is -2.48. The standard InChI is InChI=1S/C29H31FN4O4/c1-38-21-28(36)34(19-22-6-3-2-4-7-22)20-27(35)31-25-10-12-26(13-11-25)32-14-16-33(17-15-32)29(37)23-8-5-9-24(30)18-23/h2-13,18H,14-17,19-21H2,1H3,(H,31,35). The van der Waals surface area contributed by atoms with Gasteiger partial charge in [0.25, 0.3) is 5.91 Å². The number of hydrogen-bond donors (Lipinski definition) is 1. The molecule has 0 spiro atoms. The average molecular weight is 519 g/mol. The van der Waals surface area contributed by atoms with Crippen LogP contribution < -0.4 is 10.2 Å². The molecule has 3 aromatic carbocycles. The van der Waals surface area contributed by atoms with Crippen LogP contribution in [0, 0.1) is 5.82 Å². The minimum absolute atomic E-state index is 0.0971. The Balaban J connectivity index is 1.30. The fraction of sp³-hybridized carbons (Fsp3) is 0.276. The maximum absolute atomic E-state index is 13.5. The van der Waals surface area contributed by atoms with Gasteiger partial charge in [-0.3, -0.25) is 14.4 Å². The van der Waals surface area contributed by atoms with E-state index in [1.54, 1.807) is 11.0 Å². The number of ether oxygens (including phenoxy) is 1. The molecule has 8 nitrogen and oxygen atoms in total. The highest BCUT2D eigenvalue weighted by molar-refractivity contribution is 5.95. The van der Waals surface area contributed by atoms with Crippen LogP contribution in [0.4, 0.5) is 15.8 Å². The monoisotopic (exact) mass is 518 g/mol. The predicted molar refractivity (Wildman–Crippen MR) is 143 cm³/mol. The number of anilines is 2. The zero-order chi connectivity index (χ0) is 26.9. The number of amides is 3. The number of rotatable bonds is 9. The van der Waals surface area contributed by atoms with Gasteiger partial charge in [-0.2, -0.15) is 0 Å². The molecule has 3 aromatic rings. The Morgan fingerprint density at radius 1 is 0.921 bits per heavy atom. The molecule has 1 aliphatic rings. The molecule has 4 rings (SSSR count). The molecule has 1 fully saturated rings. The molecule has 198 valence electrons. The van der Waals surface area contributed by atoms with Gasteiger partial charge in [0.05, 0.1) is 0 Å². The van der Waals surface area contributed by atoms with Gasteiger partial charge < -0.3 is 24.8 Å². The lowest BCUT2D eigenvalue weighted by atomic mass is 10.1. The molecule has 1 heterocycles. The number of benzene rings is 3. The van der Waals surface area contributed by atoms with Crippen LogP contribution in [0.2, 0.25) is 0 Å². The third-order valence-electron chi connectivity index (χ3n) is 6.33. The van der Waals surface area contributed by atoms with E-state index in [2.05, 4.69) is 10.2 Å². The number of hydrogen-bond acceptors (Lipinski definition) is 5. The molecule has 1 N–H and O–H groups in total. The van der Waals surface area contributed by atoms with Gasteiger partial charge in [-0.05, 0) is 48.0 Å². The van der Waals surface area contributed by atoms with Crippen molar-refractivity contribution in [2.45, 2.75) is 6.54 Å². The fourth-order valence-corrected chi connectivity index (χ4v) is 4.35. The van der Waals surface area contributed by atoms with Crippen molar-refractivity contribution in [3.05, 3.63) is 95.8 Å². The zero-order valence-electron chi connectivity index (χ0n) is 21.3. The van der Waals surface area contributed by atoms with Crippen molar-refractivity contribution >= 4 is 29.1 Å². The first-order valence-electron chi connectivity index (χ1n) is 12.4. The van der Waals surface area contributed by atoms with Crippen molar-refractivity contribution in [2.24, 2.45) is 0 Å². The van der Waals surface area contributed by atoms with Gasteiger partial charge in [-0.25, -0.2) is 4.39 Å². The van der Waals surface area contributed by atoms with Crippen molar-refractivity contribution < 1.29 is 23.5 Å². The summed E-state index contributed by atoms with van der Waals surface area (Å²) < 4.78 is 18.5. The van der Waals surface area contributed by atoms with Crippen LogP contribution in [0.15, 0.2) is 78.9 Å². The van der Waals surface area contributed by atoms with Gasteiger partial charge in [0, 0.05) is 56.8 Å². The molecule has 0 radical (unpaired) electrons. The summed E-state index contributed by atoms with van der Waals surface area (Å²) in [6.45, 7) is 2.45. The highest BCUT2D eigenvalue weighted by Gasteiger charge is 2.23. The van der Waals surface area contributed by atoms with E-state index in [0.717, 1.165) is 11.3 Å². The third kappa shape index (κ3) is 7.17. The van der Waals surface area contributed by atoms with Crippen molar-refractivity contribution in [3.8, 4) is 0 Å². The second-order valence-corrected chi connectivity index (χ2v) is 9.05. The van der Waals surface area contributed by atoms with Crippen molar-refractivity contribution in [2.75, 3.05) is 56.7 Å². The normalized spacial score (nSPS) is 13.2. The van der Waals surface area contributed by atoms with Gasteiger partial charge in [-0.1, -0.05) is 36.4 Å². The van der Waals surface area contributed by atoms with Gasteiger partial charge in [0.2, 0.25) is 11.8 Å². The fourth-order valence-electron chi connectivity index (χ4n) is 4.35. The topological polar surface area (TPSA) is 82.2 Å². The number of nitrogens with zero attached hydrogens (tertiary/aromatic N) is 3. The van der Waals surface area contributed by atoms with E-state index in [9.17, 15) is 18.8 Å². The van der Waals surface area contributed by atoms with E-state index in [0.29, 0.717) is 44.0 Å². The van der Waals surface area contributed by atoms with Gasteiger partial charge in [0.1, 0.15) is 19.0 Å². The number of nitrogens with one attached hydrogen (secondary N) is 1. The van der Waals surface area contributed by atoms with Crippen molar-refractivity contribution in [1.29, 1.82) is 0 Å². The SMILES string of the molecule is COCC(=O)N(CC(=O)Nc1ccc(N2CCN(C(=O)c3cccc(F)c3)CC2)cc1)Cc1ccccc1. The number of halogens is 1. The summed E-state index contributed by atoms with van der Waals surface area (Å²) in [6, 6.07) is 22.7. The van der Waals surface area contributed by atoms with E-state index < -0.39 is 5.82 Å². The van der Waals surface area contributed by atoms with Crippen molar-refractivity contribution in [3.63, 3.8) is 0 Å². The number of piperazine rings is 1. The smallest absolute Gasteiger partial charge is 0.254 e. The molecular formula is C29H31FN4O4. The molecule has 0 saturated carbocycles. The quantitative estimate of drug-likeness (QED) is 0.470. The zero-order valence-corrected chi connectivity index (χ0v) is 21.3. The van der Waals surface area contributed by atoms with Crippen molar-refractivity contribution in [1.82, 2.24) is 9.80 Å². The molecule has 0 unspecified atom stereocenters. The first-order valence-corrected chi connectivity index (χ1v) is 12.4. The van der Waals surface area contributed by atoms with Crippen LogP contribution in [0.3, 0.4) is 0 Å². The van der Waals surface area contributed by atoms with Crippen LogP contribution >= 0.6 is 0 Å². The molecule has 1 saturated heterocycles. The number of carbonyl (C=O) groups excluding carboxylic acids is 3. The summed E-state index contributed by atoms with van der Waals surface area (Å²) in [5, 5.41) is 2.85. The summed E-state index contributed by atoms with van der Waals surface area (Å²) in [5.74, 6) is -1.17. The second kappa shape index (κ2) is 12.8. The number of methoxy groups -OCH3 is 1. The minimum Gasteiger partial charge on any atom is -0.375 e. The first kappa shape index (κ1) is 26.8. The predicted octanol–water partition coefficient (Wildman–Crippen LogP) is 3.40. The molecule has 1 aliphatic heterocycles. The summed E-state index contributed by atoms with van der Waals surface area (Å²) >= 11 is 0. The number of carbonyl (C=O) groups is 3. The largest absolute Gasteiger partial charge is 0.375 e. The van der Waals surface area contributed by atoms with Crippen LogP contribution in [-0.4, -0.2) is 74.0 Å². The van der Waals surface area contributed by atoms with Crippen LogP contribution in [0.5, 0.6) is 0 Å². The molecule has 0 bridgehead atoms. The Hall–Kier alpha value is -4.24. The summed E-state index contributed by atoms with van der Waals surface area (Å²) in [4.78, 5) is 43.2. The van der Waals surface area contributed by atoms with E-state index in [1.165, 1.54) is 30.2 Å². The maximum Gasteiger partial charge on any atom is 0.254 e. The summed E-state index contributed by atoms with van der Waals surface area (Å²) in [5.41, 5.74) is 2.87. The molecule has 38 heavy (non-hydrogen) atoms. The molecular weight excluding hydrogens is 487 g/mol. The lowest BCUT2D eigenvalue weighted by molar-refractivity contribution is -0.138. The second-order valence-electron chi connectivity index (χ2n) is 9.05. The van der Waals surface area contributed by atoms with Crippen LogP contribution in [-0.2, 0) is 20.9 Å². The first-order chi connectivity index (χ1) is 18.4. The Bertz CT molecular complexity index is 1240. The minimum atomic E-state index is -0.424. The highest BCUT2D eigenvalue weighted by Crippen LogP contribution is 2.20. The molecule has 0 aliphatic carbocycles. The van der Waals surface area contributed by atoms with Gasteiger partial charge >= 0.3 is 0 Å². The van der Waals surface area contributed by atoms with Gasteiger partial charge in [-0.15, -0.1) is 0 Å². The molecule has 0 atom stereocenters.